The zero-order valence-electron chi connectivity index (χ0n) is 13.2. The zero-order chi connectivity index (χ0) is 14.7. The second-order valence-corrected chi connectivity index (χ2v) is 5.70. The fraction of sp³-hybridized carbons (Fsp3) is 0.471. The van der Waals surface area contributed by atoms with Gasteiger partial charge in [-0.2, -0.15) is 5.10 Å². The highest BCUT2D eigenvalue weighted by atomic mass is 15.3. The van der Waals surface area contributed by atoms with Gasteiger partial charge in [-0.1, -0.05) is 13.0 Å². The fourth-order valence-corrected chi connectivity index (χ4v) is 2.38. The number of benzene rings is 1. The maximum absolute atomic E-state index is 4.55. The van der Waals surface area contributed by atoms with Gasteiger partial charge in [0.05, 0.1) is 11.9 Å². The predicted molar refractivity (Wildman–Crippen MR) is 84.4 cm³/mol. The molecule has 1 heterocycles. The van der Waals surface area contributed by atoms with Crippen LogP contribution in [0.5, 0.6) is 0 Å². The predicted octanol–water partition coefficient (Wildman–Crippen LogP) is 3.69. The zero-order valence-corrected chi connectivity index (χ0v) is 13.2. The van der Waals surface area contributed by atoms with Gasteiger partial charge in [0, 0.05) is 23.8 Å². The molecule has 0 saturated carbocycles. The van der Waals surface area contributed by atoms with Gasteiger partial charge in [0.15, 0.2) is 0 Å². The standard InChI is InChI=1S/C17H25N3/c1-6-14(4)18-10-16-11-19-20(15(16)5)17-8-12(2)7-13(3)9-17/h7-9,11,14,18H,6,10H2,1-5H3. The highest BCUT2D eigenvalue weighted by Crippen LogP contribution is 2.17. The van der Waals surface area contributed by atoms with E-state index in [1.165, 1.54) is 22.4 Å². The molecule has 1 aromatic heterocycles. The Morgan fingerprint density at radius 3 is 2.40 bits per heavy atom. The smallest absolute Gasteiger partial charge is 0.0654 e. The molecule has 0 aliphatic heterocycles. The minimum absolute atomic E-state index is 0.541. The van der Waals surface area contributed by atoms with Crippen LogP contribution in [0.4, 0.5) is 0 Å². The van der Waals surface area contributed by atoms with Crippen molar-refractivity contribution in [1.82, 2.24) is 15.1 Å². The van der Waals surface area contributed by atoms with Gasteiger partial charge < -0.3 is 5.32 Å². The lowest BCUT2D eigenvalue weighted by Gasteiger charge is -2.11. The summed E-state index contributed by atoms with van der Waals surface area (Å²) in [7, 11) is 0. The van der Waals surface area contributed by atoms with E-state index in [-0.39, 0.29) is 0 Å². The van der Waals surface area contributed by atoms with Gasteiger partial charge >= 0.3 is 0 Å². The number of nitrogens with one attached hydrogen (secondary N) is 1. The number of hydrogen-bond acceptors (Lipinski definition) is 2. The number of rotatable bonds is 5. The lowest BCUT2D eigenvalue weighted by molar-refractivity contribution is 0.533. The lowest BCUT2D eigenvalue weighted by Crippen LogP contribution is -2.24. The van der Waals surface area contributed by atoms with E-state index in [0.717, 1.165) is 18.7 Å². The van der Waals surface area contributed by atoms with Crippen molar-refractivity contribution in [3.8, 4) is 5.69 Å². The molecule has 2 aromatic rings. The molecule has 108 valence electrons. The molecule has 2 rings (SSSR count). The van der Waals surface area contributed by atoms with E-state index in [0.29, 0.717) is 6.04 Å². The summed E-state index contributed by atoms with van der Waals surface area (Å²) >= 11 is 0. The lowest BCUT2D eigenvalue weighted by atomic mass is 10.1. The number of aromatic nitrogens is 2. The molecule has 1 atom stereocenters. The number of hydrogen-bond donors (Lipinski definition) is 1. The molecule has 20 heavy (non-hydrogen) atoms. The van der Waals surface area contributed by atoms with Crippen molar-refractivity contribution in [1.29, 1.82) is 0 Å². The maximum Gasteiger partial charge on any atom is 0.0654 e. The van der Waals surface area contributed by atoms with E-state index >= 15 is 0 Å². The Balaban J connectivity index is 2.24. The van der Waals surface area contributed by atoms with E-state index in [2.05, 4.69) is 63.2 Å². The SMILES string of the molecule is CCC(C)NCc1cnn(-c2cc(C)cc(C)c2)c1C. The normalized spacial score (nSPS) is 12.7. The molecular formula is C17H25N3. The van der Waals surface area contributed by atoms with Gasteiger partial charge in [0.25, 0.3) is 0 Å². The van der Waals surface area contributed by atoms with E-state index in [1.54, 1.807) is 0 Å². The summed E-state index contributed by atoms with van der Waals surface area (Å²) in [5.74, 6) is 0. The Bertz CT molecular complexity index is 564. The molecule has 1 N–H and O–H groups in total. The first-order chi connectivity index (χ1) is 9.51. The van der Waals surface area contributed by atoms with Crippen LogP contribution in [0.15, 0.2) is 24.4 Å². The van der Waals surface area contributed by atoms with Crippen molar-refractivity contribution in [2.75, 3.05) is 0 Å². The third-order valence-electron chi connectivity index (χ3n) is 3.82. The molecule has 0 aliphatic carbocycles. The molecule has 0 amide bonds. The molecule has 1 unspecified atom stereocenters. The average Bonchev–Trinajstić information content (AvgIpc) is 2.76. The maximum atomic E-state index is 4.55. The van der Waals surface area contributed by atoms with Crippen LogP contribution >= 0.6 is 0 Å². The summed E-state index contributed by atoms with van der Waals surface area (Å²) in [6.45, 7) is 11.7. The monoisotopic (exact) mass is 271 g/mol. The Hall–Kier alpha value is -1.61. The van der Waals surface area contributed by atoms with Gasteiger partial charge in [0.1, 0.15) is 0 Å². The van der Waals surface area contributed by atoms with Gasteiger partial charge in [-0.15, -0.1) is 0 Å². The molecule has 0 spiro atoms. The van der Waals surface area contributed by atoms with E-state index in [4.69, 9.17) is 0 Å². The highest BCUT2D eigenvalue weighted by molar-refractivity contribution is 5.40. The molecule has 0 radical (unpaired) electrons. The van der Waals surface area contributed by atoms with Crippen molar-refractivity contribution in [3.63, 3.8) is 0 Å². The first-order valence-electron chi connectivity index (χ1n) is 7.36. The molecule has 0 bridgehead atoms. The summed E-state index contributed by atoms with van der Waals surface area (Å²) < 4.78 is 2.04. The van der Waals surface area contributed by atoms with Crippen molar-refractivity contribution in [3.05, 3.63) is 46.8 Å². The first-order valence-corrected chi connectivity index (χ1v) is 7.36. The molecule has 0 aliphatic rings. The third kappa shape index (κ3) is 3.28. The van der Waals surface area contributed by atoms with Crippen molar-refractivity contribution < 1.29 is 0 Å². The summed E-state index contributed by atoms with van der Waals surface area (Å²) in [6, 6.07) is 7.09. The highest BCUT2D eigenvalue weighted by Gasteiger charge is 2.09. The Labute approximate surface area is 122 Å². The van der Waals surface area contributed by atoms with Crippen LogP contribution in [0.25, 0.3) is 5.69 Å². The van der Waals surface area contributed by atoms with Gasteiger partial charge in [-0.05, 0) is 57.4 Å². The van der Waals surface area contributed by atoms with Crippen molar-refractivity contribution >= 4 is 0 Å². The van der Waals surface area contributed by atoms with Crippen LogP contribution in [0.3, 0.4) is 0 Å². The van der Waals surface area contributed by atoms with E-state index < -0.39 is 0 Å². The molecule has 3 nitrogen and oxygen atoms in total. The third-order valence-corrected chi connectivity index (χ3v) is 3.82. The largest absolute Gasteiger partial charge is 0.310 e. The quantitative estimate of drug-likeness (QED) is 0.899. The topological polar surface area (TPSA) is 29.9 Å². The number of aryl methyl sites for hydroxylation is 2. The second-order valence-electron chi connectivity index (χ2n) is 5.70. The summed E-state index contributed by atoms with van der Waals surface area (Å²) in [5, 5.41) is 8.07. The van der Waals surface area contributed by atoms with Crippen LogP contribution < -0.4 is 5.32 Å². The summed E-state index contributed by atoms with van der Waals surface area (Å²) in [6.07, 6.45) is 3.12. The fourth-order valence-electron chi connectivity index (χ4n) is 2.38. The second kappa shape index (κ2) is 6.23. The van der Waals surface area contributed by atoms with Crippen LogP contribution in [-0.4, -0.2) is 15.8 Å². The minimum Gasteiger partial charge on any atom is -0.310 e. The Kier molecular flexibility index (Phi) is 4.61. The molecular weight excluding hydrogens is 246 g/mol. The molecule has 0 fully saturated rings. The Morgan fingerprint density at radius 2 is 1.80 bits per heavy atom. The van der Waals surface area contributed by atoms with Gasteiger partial charge in [0.2, 0.25) is 0 Å². The number of nitrogens with zero attached hydrogens (tertiary/aromatic N) is 2. The van der Waals surface area contributed by atoms with E-state index in [9.17, 15) is 0 Å². The van der Waals surface area contributed by atoms with Gasteiger partial charge in [-0.3, -0.25) is 0 Å². The van der Waals surface area contributed by atoms with Gasteiger partial charge in [-0.25, -0.2) is 4.68 Å². The molecule has 1 aromatic carbocycles. The summed E-state index contributed by atoms with van der Waals surface area (Å²) in [4.78, 5) is 0. The van der Waals surface area contributed by atoms with Crippen LogP contribution in [-0.2, 0) is 6.54 Å². The molecule has 0 saturated heterocycles. The van der Waals surface area contributed by atoms with Crippen LogP contribution in [0.1, 0.15) is 42.7 Å². The summed E-state index contributed by atoms with van der Waals surface area (Å²) in [5.41, 5.74) is 6.17. The van der Waals surface area contributed by atoms with Crippen LogP contribution in [0.2, 0.25) is 0 Å². The van der Waals surface area contributed by atoms with Crippen molar-refractivity contribution in [2.24, 2.45) is 0 Å². The Morgan fingerprint density at radius 1 is 1.15 bits per heavy atom. The minimum atomic E-state index is 0.541. The first kappa shape index (κ1) is 14.8. The average molecular weight is 271 g/mol. The van der Waals surface area contributed by atoms with Crippen LogP contribution in [0, 0.1) is 20.8 Å². The molecule has 3 heteroatoms. The van der Waals surface area contributed by atoms with E-state index in [1.807, 2.05) is 10.9 Å². The van der Waals surface area contributed by atoms with Crippen molar-refractivity contribution in [2.45, 2.75) is 53.6 Å².